The zero-order valence-electron chi connectivity index (χ0n) is 13.4. The predicted molar refractivity (Wildman–Crippen MR) is 88.5 cm³/mol. The van der Waals surface area contributed by atoms with E-state index in [2.05, 4.69) is 13.8 Å². The maximum atomic E-state index is 9.65. The van der Waals surface area contributed by atoms with E-state index in [1.165, 1.54) is 11.1 Å². The average Bonchev–Trinajstić information content (AvgIpc) is 2.51. The summed E-state index contributed by atoms with van der Waals surface area (Å²) in [5.74, 6) is 2.03. The number of rotatable bonds is 6. The first-order valence-corrected chi connectivity index (χ1v) is 7.63. The van der Waals surface area contributed by atoms with Gasteiger partial charge >= 0.3 is 0 Å². The number of hydrogen-bond donors (Lipinski definition) is 2. The number of phenols is 2. The van der Waals surface area contributed by atoms with E-state index in [0.29, 0.717) is 23.3 Å². The molecule has 0 aromatic heterocycles. The highest BCUT2D eigenvalue weighted by Gasteiger charge is 2.14. The molecular formula is C19H24O3. The smallest absolute Gasteiger partial charge is 0.160 e. The summed E-state index contributed by atoms with van der Waals surface area (Å²) in [6, 6.07) is 13.0. The van der Waals surface area contributed by atoms with Gasteiger partial charge in [-0.15, -0.1) is 0 Å². The standard InChI is InChI=1S/C19H24O3/c1-13(10-15-4-7-17(20)8-5-15)14(2)11-16-6-9-18(21)19(12-16)22-3/h4-9,12-14,20-21H,10-11H2,1-3H3/t13-,14+/m1/s1. The summed E-state index contributed by atoms with van der Waals surface area (Å²) in [7, 11) is 1.57. The molecule has 0 aliphatic heterocycles. The Morgan fingerprint density at radius 2 is 1.41 bits per heavy atom. The number of methoxy groups -OCH3 is 1. The van der Waals surface area contributed by atoms with Crippen LogP contribution >= 0.6 is 0 Å². The van der Waals surface area contributed by atoms with Crippen molar-refractivity contribution < 1.29 is 14.9 Å². The zero-order chi connectivity index (χ0) is 16.1. The Morgan fingerprint density at radius 1 is 0.864 bits per heavy atom. The summed E-state index contributed by atoms with van der Waals surface area (Å²) >= 11 is 0. The number of benzene rings is 2. The van der Waals surface area contributed by atoms with Crippen molar-refractivity contribution in [2.45, 2.75) is 26.7 Å². The van der Waals surface area contributed by atoms with Gasteiger partial charge in [-0.1, -0.05) is 32.0 Å². The number of phenolic OH excluding ortho intramolecular Hbond substituents is 2. The Bertz CT molecular complexity index is 605. The van der Waals surface area contributed by atoms with Crippen molar-refractivity contribution >= 4 is 0 Å². The van der Waals surface area contributed by atoms with Crippen LogP contribution in [0.4, 0.5) is 0 Å². The van der Waals surface area contributed by atoms with Crippen LogP contribution in [0.15, 0.2) is 42.5 Å². The molecule has 0 amide bonds. The first kappa shape index (κ1) is 16.2. The molecule has 0 aliphatic rings. The highest BCUT2D eigenvalue weighted by atomic mass is 16.5. The van der Waals surface area contributed by atoms with Gasteiger partial charge in [0.25, 0.3) is 0 Å². The van der Waals surface area contributed by atoms with Gasteiger partial charge < -0.3 is 14.9 Å². The second-order valence-electron chi connectivity index (χ2n) is 6.04. The lowest BCUT2D eigenvalue weighted by Crippen LogP contribution is -2.13. The summed E-state index contributed by atoms with van der Waals surface area (Å²) in [4.78, 5) is 0. The Balaban J connectivity index is 1.98. The minimum absolute atomic E-state index is 0.177. The highest BCUT2D eigenvalue weighted by Crippen LogP contribution is 2.29. The van der Waals surface area contributed by atoms with Crippen molar-refractivity contribution in [2.75, 3.05) is 7.11 Å². The van der Waals surface area contributed by atoms with E-state index >= 15 is 0 Å². The minimum Gasteiger partial charge on any atom is -0.508 e. The fourth-order valence-electron chi connectivity index (χ4n) is 2.63. The van der Waals surface area contributed by atoms with Gasteiger partial charge in [0, 0.05) is 0 Å². The van der Waals surface area contributed by atoms with Crippen LogP contribution in [-0.4, -0.2) is 17.3 Å². The number of ether oxygens (including phenoxy) is 1. The fraction of sp³-hybridized carbons (Fsp3) is 0.368. The van der Waals surface area contributed by atoms with Crippen LogP contribution in [0.5, 0.6) is 17.2 Å². The van der Waals surface area contributed by atoms with Crippen LogP contribution in [0.1, 0.15) is 25.0 Å². The molecule has 0 fully saturated rings. The lowest BCUT2D eigenvalue weighted by molar-refractivity contribution is 0.367. The molecule has 0 aliphatic carbocycles. The molecule has 2 rings (SSSR count). The largest absolute Gasteiger partial charge is 0.508 e. The highest BCUT2D eigenvalue weighted by molar-refractivity contribution is 5.41. The second-order valence-corrected chi connectivity index (χ2v) is 6.04. The van der Waals surface area contributed by atoms with Crippen molar-refractivity contribution in [1.29, 1.82) is 0 Å². The van der Waals surface area contributed by atoms with Gasteiger partial charge in [0.05, 0.1) is 7.11 Å². The van der Waals surface area contributed by atoms with Crippen LogP contribution in [-0.2, 0) is 12.8 Å². The first-order valence-electron chi connectivity index (χ1n) is 7.63. The van der Waals surface area contributed by atoms with Crippen molar-refractivity contribution in [1.82, 2.24) is 0 Å². The number of aromatic hydroxyl groups is 2. The van der Waals surface area contributed by atoms with Crippen LogP contribution < -0.4 is 4.74 Å². The monoisotopic (exact) mass is 300 g/mol. The lowest BCUT2D eigenvalue weighted by Gasteiger charge is -2.20. The molecule has 22 heavy (non-hydrogen) atoms. The van der Waals surface area contributed by atoms with E-state index < -0.39 is 0 Å². The minimum atomic E-state index is 0.177. The van der Waals surface area contributed by atoms with E-state index in [9.17, 15) is 10.2 Å². The summed E-state index contributed by atoms with van der Waals surface area (Å²) in [5, 5.41) is 19.0. The van der Waals surface area contributed by atoms with Gasteiger partial charge in [0.2, 0.25) is 0 Å². The van der Waals surface area contributed by atoms with Crippen LogP contribution in [0.2, 0.25) is 0 Å². The lowest BCUT2D eigenvalue weighted by atomic mass is 9.85. The Morgan fingerprint density at radius 3 is 2.00 bits per heavy atom. The maximum Gasteiger partial charge on any atom is 0.160 e. The van der Waals surface area contributed by atoms with Gasteiger partial charge in [0.15, 0.2) is 11.5 Å². The van der Waals surface area contributed by atoms with Gasteiger partial charge in [-0.25, -0.2) is 0 Å². The predicted octanol–water partition coefficient (Wildman–Crippen LogP) is 4.16. The van der Waals surface area contributed by atoms with E-state index in [1.807, 2.05) is 24.3 Å². The van der Waals surface area contributed by atoms with E-state index in [0.717, 1.165) is 12.8 Å². The molecule has 0 saturated heterocycles. The van der Waals surface area contributed by atoms with Crippen LogP contribution in [0.3, 0.4) is 0 Å². The summed E-state index contributed by atoms with van der Waals surface area (Å²) in [6.45, 7) is 4.49. The van der Waals surface area contributed by atoms with Crippen molar-refractivity contribution in [2.24, 2.45) is 11.8 Å². The Labute approximate surface area is 132 Å². The van der Waals surface area contributed by atoms with Gasteiger partial charge in [0.1, 0.15) is 5.75 Å². The molecule has 0 unspecified atom stereocenters. The Kier molecular flexibility index (Phi) is 5.31. The fourth-order valence-corrected chi connectivity index (χ4v) is 2.63. The topological polar surface area (TPSA) is 49.7 Å². The molecular weight excluding hydrogens is 276 g/mol. The molecule has 118 valence electrons. The van der Waals surface area contributed by atoms with E-state index in [1.54, 1.807) is 25.3 Å². The molecule has 3 nitrogen and oxygen atoms in total. The molecule has 0 saturated carbocycles. The molecule has 0 heterocycles. The van der Waals surface area contributed by atoms with Gasteiger partial charge in [-0.2, -0.15) is 0 Å². The van der Waals surface area contributed by atoms with Gasteiger partial charge in [-0.05, 0) is 60.1 Å². The number of hydrogen-bond acceptors (Lipinski definition) is 3. The maximum absolute atomic E-state index is 9.65. The van der Waals surface area contributed by atoms with Crippen molar-refractivity contribution in [3.63, 3.8) is 0 Å². The molecule has 0 spiro atoms. The SMILES string of the molecule is COc1cc(C[C@H](C)[C@H](C)Cc2ccc(O)cc2)ccc1O. The Hall–Kier alpha value is -2.16. The van der Waals surface area contributed by atoms with Crippen LogP contribution in [0.25, 0.3) is 0 Å². The van der Waals surface area contributed by atoms with E-state index in [4.69, 9.17) is 4.74 Å². The molecule has 2 atom stereocenters. The molecule has 2 aromatic rings. The average molecular weight is 300 g/mol. The van der Waals surface area contributed by atoms with E-state index in [-0.39, 0.29) is 5.75 Å². The molecule has 3 heteroatoms. The summed E-state index contributed by atoms with van der Waals surface area (Å²) in [6.07, 6.45) is 1.92. The van der Waals surface area contributed by atoms with Gasteiger partial charge in [-0.3, -0.25) is 0 Å². The normalized spacial score (nSPS) is 13.6. The third kappa shape index (κ3) is 4.17. The molecule has 0 radical (unpaired) electrons. The third-order valence-corrected chi connectivity index (χ3v) is 4.27. The second kappa shape index (κ2) is 7.21. The summed E-state index contributed by atoms with van der Waals surface area (Å²) in [5.41, 5.74) is 2.40. The third-order valence-electron chi connectivity index (χ3n) is 4.27. The quantitative estimate of drug-likeness (QED) is 0.842. The molecule has 2 aromatic carbocycles. The zero-order valence-corrected chi connectivity index (χ0v) is 13.4. The molecule has 0 bridgehead atoms. The summed E-state index contributed by atoms with van der Waals surface area (Å²) < 4.78 is 5.16. The first-order chi connectivity index (χ1) is 10.5. The molecule has 2 N–H and O–H groups in total. The van der Waals surface area contributed by atoms with Crippen molar-refractivity contribution in [3.8, 4) is 17.2 Å². The van der Waals surface area contributed by atoms with Crippen LogP contribution in [0, 0.1) is 11.8 Å². The van der Waals surface area contributed by atoms with Crippen molar-refractivity contribution in [3.05, 3.63) is 53.6 Å².